The largest absolute Gasteiger partial charge is 0.490 e. The SMILES string of the molecule is CCOc1cc(C=NNC(=O)Cc2ccc(C(F)(F)F)cc2[N+](=O)[O-])ccc1OCc1ccccc1F. The van der Waals surface area contributed by atoms with E-state index in [9.17, 15) is 32.5 Å². The summed E-state index contributed by atoms with van der Waals surface area (Å²) >= 11 is 0. The Balaban J connectivity index is 1.66. The second-order valence-electron chi connectivity index (χ2n) is 7.59. The number of nitrogens with zero attached hydrogens (tertiary/aromatic N) is 2. The first-order valence-corrected chi connectivity index (χ1v) is 10.9. The Labute approximate surface area is 208 Å². The third-order valence-corrected chi connectivity index (χ3v) is 4.97. The van der Waals surface area contributed by atoms with Crippen LogP contribution in [0.15, 0.2) is 65.8 Å². The van der Waals surface area contributed by atoms with Crippen molar-refractivity contribution in [1.82, 2.24) is 5.43 Å². The van der Waals surface area contributed by atoms with Crippen molar-refractivity contribution in [3.05, 3.63) is 98.8 Å². The number of amides is 1. The Hall–Kier alpha value is -4.48. The molecule has 3 aromatic rings. The van der Waals surface area contributed by atoms with Gasteiger partial charge in [-0.25, -0.2) is 9.82 Å². The number of rotatable bonds is 10. The number of halogens is 4. The van der Waals surface area contributed by atoms with Crippen LogP contribution >= 0.6 is 0 Å². The summed E-state index contributed by atoms with van der Waals surface area (Å²) in [5.74, 6) is -0.453. The number of hydrogen-bond donors (Lipinski definition) is 1. The summed E-state index contributed by atoms with van der Waals surface area (Å²) in [4.78, 5) is 22.4. The highest BCUT2D eigenvalue weighted by molar-refractivity contribution is 5.84. The van der Waals surface area contributed by atoms with E-state index in [-0.39, 0.29) is 12.2 Å². The Morgan fingerprint density at radius 1 is 1.05 bits per heavy atom. The number of alkyl halides is 3. The van der Waals surface area contributed by atoms with Crippen LogP contribution in [0.4, 0.5) is 23.2 Å². The molecule has 3 aromatic carbocycles. The lowest BCUT2D eigenvalue weighted by atomic mass is 10.1. The topological polar surface area (TPSA) is 103 Å². The third kappa shape index (κ3) is 7.50. The summed E-state index contributed by atoms with van der Waals surface area (Å²) < 4.78 is 63.6. The maximum absolute atomic E-state index is 13.8. The van der Waals surface area contributed by atoms with Gasteiger partial charge in [-0.05, 0) is 42.8 Å². The summed E-state index contributed by atoms with van der Waals surface area (Å²) in [6, 6.07) is 12.9. The molecule has 0 heterocycles. The molecule has 3 rings (SSSR count). The Morgan fingerprint density at radius 2 is 1.81 bits per heavy atom. The molecular formula is C25H21F4N3O5. The molecule has 0 fully saturated rings. The first-order valence-electron chi connectivity index (χ1n) is 10.9. The molecule has 0 atom stereocenters. The van der Waals surface area contributed by atoms with Crippen LogP contribution in [0, 0.1) is 15.9 Å². The number of carbonyl (C=O) groups is 1. The van der Waals surface area contributed by atoms with Crippen molar-refractivity contribution in [2.75, 3.05) is 6.61 Å². The molecule has 0 spiro atoms. The van der Waals surface area contributed by atoms with E-state index in [1.165, 1.54) is 12.3 Å². The van der Waals surface area contributed by atoms with Crippen molar-refractivity contribution >= 4 is 17.8 Å². The van der Waals surface area contributed by atoms with Gasteiger partial charge < -0.3 is 9.47 Å². The smallest absolute Gasteiger partial charge is 0.416 e. The van der Waals surface area contributed by atoms with Gasteiger partial charge in [0.1, 0.15) is 12.4 Å². The molecule has 12 heteroatoms. The number of benzene rings is 3. The molecule has 0 unspecified atom stereocenters. The molecule has 0 radical (unpaired) electrons. The minimum atomic E-state index is -4.76. The normalized spacial score (nSPS) is 11.4. The average molecular weight is 519 g/mol. The fourth-order valence-electron chi connectivity index (χ4n) is 3.21. The van der Waals surface area contributed by atoms with E-state index in [0.29, 0.717) is 41.4 Å². The first-order chi connectivity index (χ1) is 17.6. The molecule has 0 aliphatic heterocycles. The van der Waals surface area contributed by atoms with Crippen LogP contribution in [0.1, 0.15) is 29.2 Å². The molecule has 0 saturated carbocycles. The third-order valence-electron chi connectivity index (χ3n) is 4.97. The van der Waals surface area contributed by atoms with Gasteiger partial charge in [-0.15, -0.1) is 0 Å². The van der Waals surface area contributed by atoms with Gasteiger partial charge in [0.15, 0.2) is 11.5 Å². The minimum absolute atomic E-state index is 0.0215. The lowest BCUT2D eigenvalue weighted by Crippen LogP contribution is -2.20. The molecule has 1 N–H and O–H groups in total. The highest BCUT2D eigenvalue weighted by atomic mass is 19.4. The highest BCUT2D eigenvalue weighted by Gasteiger charge is 2.33. The molecule has 194 valence electrons. The van der Waals surface area contributed by atoms with Gasteiger partial charge in [-0.3, -0.25) is 14.9 Å². The molecule has 8 nitrogen and oxygen atoms in total. The van der Waals surface area contributed by atoms with Gasteiger partial charge in [0.2, 0.25) is 5.91 Å². The van der Waals surface area contributed by atoms with Crippen molar-refractivity contribution in [2.45, 2.75) is 26.1 Å². The van der Waals surface area contributed by atoms with E-state index in [1.54, 1.807) is 43.3 Å². The van der Waals surface area contributed by atoms with Crippen molar-refractivity contribution in [1.29, 1.82) is 0 Å². The van der Waals surface area contributed by atoms with Crippen LogP contribution in [0.2, 0.25) is 0 Å². The van der Waals surface area contributed by atoms with Crippen LogP contribution in [-0.2, 0) is 24.0 Å². The second-order valence-corrected chi connectivity index (χ2v) is 7.59. The molecular weight excluding hydrogens is 498 g/mol. The summed E-state index contributed by atoms with van der Waals surface area (Å²) in [5.41, 5.74) is 0.852. The van der Waals surface area contributed by atoms with Crippen LogP contribution in [-0.4, -0.2) is 23.7 Å². The van der Waals surface area contributed by atoms with Gasteiger partial charge in [-0.1, -0.05) is 24.3 Å². The van der Waals surface area contributed by atoms with E-state index >= 15 is 0 Å². The molecule has 0 aromatic heterocycles. The summed E-state index contributed by atoms with van der Waals surface area (Å²) in [6.45, 7) is 2.06. The molecule has 0 saturated heterocycles. The van der Waals surface area contributed by atoms with Crippen molar-refractivity contribution < 1.29 is 36.8 Å². The lowest BCUT2D eigenvalue weighted by molar-refractivity contribution is -0.385. The van der Waals surface area contributed by atoms with Gasteiger partial charge >= 0.3 is 6.18 Å². The Bertz CT molecular complexity index is 1310. The molecule has 0 bridgehead atoms. The summed E-state index contributed by atoms with van der Waals surface area (Å²) in [5, 5.41) is 15.0. The van der Waals surface area contributed by atoms with Gasteiger partial charge in [0.25, 0.3) is 5.69 Å². The molecule has 0 aliphatic carbocycles. The van der Waals surface area contributed by atoms with Gasteiger partial charge in [-0.2, -0.15) is 18.3 Å². The highest BCUT2D eigenvalue weighted by Crippen LogP contribution is 2.33. The number of hydrazone groups is 1. The van der Waals surface area contributed by atoms with Crippen LogP contribution in [0.5, 0.6) is 11.5 Å². The zero-order valence-electron chi connectivity index (χ0n) is 19.4. The van der Waals surface area contributed by atoms with Crippen LogP contribution < -0.4 is 14.9 Å². The van der Waals surface area contributed by atoms with Crippen LogP contribution in [0.3, 0.4) is 0 Å². The quantitative estimate of drug-likeness (QED) is 0.167. The summed E-state index contributed by atoms with van der Waals surface area (Å²) in [6.07, 6.45) is -4.03. The van der Waals surface area contributed by atoms with Crippen LogP contribution in [0.25, 0.3) is 0 Å². The first kappa shape index (κ1) is 27.1. The Morgan fingerprint density at radius 3 is 2.49 bits per heavy atom. The monoisotopic (exact) mass is 519 g/mol. The zero-order chi connectivity index (χ0) is 27.0. The number of hydrogen-bond acceptors (Lipinski definition) is 6. The number of nitro groups is 1. The maximum atomic E-state index is 13.8. The van der Waals surface area contributed by atoms with E-state index in [1.807, 2.05) is 0 Å². The van der Waals surface area contributed by atoms with Gasteiger partial charge in [0.05, 0.1) is 29.7 Å². The second kappa shape index (κ2) is 12.0. The van der Waals surface area contributed by atoms with Crippen molar-refractivity contribution in [3.8, 4) is 11.5 Å². The maximum Gasteiger partial charge on any atom is 0.416 e. The zero-order valence-corrected chi connectivity index (χ0v) is 19.4. The number of carbonyl (C=O) groups excluding carboxylic acids is 1. The predicted octanol–water partition coefficient (Wildman–Crippen LogP) is 5.42. The summed E-state index contributed by atoms with van der Waals surface area (Å²) in [7, 11) is 0. The minimum Gasteiger partial charge on any atom is -0.490 e. The fourth-order valence-corrected chi connectivity index (χ4v) is 3.21. The predicted molar refractivity (Wildman–Crippen MR) is 126 cm³/mol. The number of nitro benzene ring substituents is 1. The van der Waals surface area contributed by atoms with Crippen molar-refractivity contribution in [3.63, 3.8) is 0 Å². The number of nitrogens with one attached hydrogen (secondary N) is 1. The number of ether oxygens (including phenoxy) is 2. The van der Waals surface area contributed by atoms with Gasteiger partial charge in [0, 0.05) is 17.2 Å². The van der Waals surface area contributed by atoms with E-state index in [4.69, 9.17) is 9.47 Å². The van der Waals surface area contributed by atoms with E-state index < -0.39 is 40.5 Å². The van der Waals surface area contributed by atoms with E-state index in [2.05, 4.69) is 10.5 Å². The standard InChI is InChI=1S/C25H21F4N3O5/c1-2-36-23-11-16(7-10-22(23)37-15-18-5-3-4-6-20(18)26)14-30-31-24(33)12-17-8-9-19(25(27,28)29)13-21(17)32(34)35/h3-11,13-14H,2,12,15H2,1H3,(H,31,33). The molecule has 37 heavy (non-hydrogen) atoms. The van der Waals surface area contributed by atoms with Crippen molar-refractivity contribution in [2.24, 2.45) is 5.10 Å². The van der Waals surface area contributed by atoms with E-state index in [0.717, 1.165) is 6.07 Å². The molecule has 1 amide bonds. The molecule has 0 aliphatic rings. The average Bonchev–Trinajstić information content (AvgIpc) is 2.84. The Kier molecular flexibility index (Phi) is 8.77. The lowest BCUT2D eigenvalue weighted by Gasteiger charge is -2.13. The fraction of sp³-hybridized carbons (Fsp3) is 0.200.